The summed E-state index contributed by atoms with van der Waals surface area (Å²) in [6.45, 7) is 0. The predicted molar refractivity (Wildman–Crippen MR) is 48.1 cm³/mol. The molecule has 0 heterocycles. The van der Waals surface area contributed by atoms with Crippen LogP contribution >= 0.6 is 11.6 Å². The number of hydrogen-bond donors (Lipinski definition) is 0. The molecule has 0 aliphatic rings. The Morgan fingerprint density at radius 2 is 2.21 bits per heavy atom. The van der Waals surface area contributed by atoms with Crippen LogP contribution in [0.25, 0.3) is 0 Å². The number of aldehydes is 1. The first-order valence-electron chi connectivity index (χ1n) is 3.62. The number of benzene rings is 1. The molecule has 74 valence electrons. The molecule has 0 N–H and O–H groups in total. The van der Waals surface area contributed by atoms with Crippen molar-refractivity contribution in [3.05, 3.63) is 34.1 Å². The summed E-state index contributed by atoms with van der Waals surface area (Å²) in [4.78, 5) is 21.3. The molecule has 0 spiro atoms. The van der Waals surface area contributed by atoms with Crippen molar-refractivity contribution in [1.82, 2.24) is 0 Å². The van der Waals surface area contributed by atoms with Gasteiger partial charge in [-0.25, -0.2) is 9.18 Å². The van der Waals surface area contributed by atoms with E-state index >= 15 is 0 Å². The maximum atomic E-state index is 13.2. The van der Waals surface area contributed by atoms with Crippen LogP contribution in [0.5, 0.6) is 0 Å². The Kier molecular flexibility index (Phi) is 3.19. The van der Waals surface area contributed by atoms with Crippen LogP contribution in [0.2, 0.25) is 5.02 Å². The molecular weight excluding hydrogens is 211 g/mol. The fourth-order valence-corrected chi connectivity index (χ4v) is 1.25. The van der Waals surface area contributed by atoms with Gasteiger partial charge in [-0.1, -0.05) is 11.6 Å². The normalized spacial score (nSPS) is 9.64. The first-order chi connectivity index (χ1) is 6.60. The minimum atomic E-state index is -0.870. The lowest BCUT2D eigenvalue weighted by molar-refractivity contribution is 0.0595. The summed E-state index contributed by atoms with van der Waals surface area (Å²) in [5, 5.41) is -0.140. The van der Waals surface area contributed by atoms with Gasteiger partial charge in [-0.05, 0) is 12.1 Å². The quantitative estimate of drug-likeness (QED) is 0.562. The van der Waals surface area contributed by atoms with Crippen molar-refractivity contribution in [1.29, 1.82) is 0 Å². The summed E-state index contributed by atoms with van der Waals surface area (Å²) in [7, 11) is 1.12. The van der Waals surface area contributed by atoms with E-state index in [2.05, 4.69) is 4.74 Å². The van der Waals surface area contributed by atoms with Gasteiger partial charge in [0.2, 0.25) is 0 Å². The summed E-state index contributed by atoms with van der Waals surface area (Å²) >= 11 is 5.59. The summed E-state index contributed by atoms with van der Waals surface area (Å²) in [6.07, 6.45) is 0.440. The Balaban J connectivity index is 3.31. The maximum absolute atomic E-state index is 13.2. The maximum Gasteiger partial charge on any atom is 0.342 e. The predicted octanol–water partition coefficient (Wildman–Crippen LogP) is 2.08. The molecule has 0 radical (unpaired) electrons. The highest BCUT2D eigenvalue weighted by Gasteiger charge is 2.17. The molecule has 0 bridgehead atoms. The molecule has 5 heteroatoms. The van der Waals surface area contributed by atoms with Crippen molar-refractivity contribution >= 4 is 23.9 Å². The summed E-state index contributed by atoms with van der Waals surface area (Å²) in [6, 6.07) is 2.12. The average molecular weight is 217 g/mol. The van der Waals surface area contributed by atoms with Crippen molar-refractivity contribution in [3.63, 3.8) is 0 Å². The van der Waals surface area contributed by atoms with E-state index in [0.717, 1.165) is 13.2 Å². The molecule has 0 amide bonds. The fraction of sp³-hybridized carbons (Fsp3) is 0.111. The largest absolute Gasteiger partial charge is 0.465 e. The molecule has 0 fully saturated rings. The van der Waals surface area contributed by atoms with Gasteiger partial charge in [0.15, 0.2) is 0 Å². The second-order valence-corrected chi connectivity index (χ2v) is 2.88. The molecule has 0 saturated heterocycles. The molecule has 0 saturated carbocycles. The van der Waals surface area contributed by atoms with Gasteiger partial charge in [-0.3, -0.25) is 4.79 Å². The standard InChI is InChI=1S/C9H6ClFO3/c1-14-9(13)8-6(10)2-5(4-12)3-7(8)11/h2-4H,1H3. The number of carbonyl (C=O) groups excluding carboxylic acids is 2. The molecule has 0 unspecified atom stereocenters. The molecular formula is C9H6ClFO3. The van der Waals surface area contributed by atoms with Gasteiger partial charge < -0.3 is 4.74 Å². The van der Waals surface area contributed by atoms with Crippen molar-refractivity contribution in [2.24, 2.45) is 0 Å². The lowest BCUT2D eigenvalue weighted by Crippen LogP contribution is -2.06. The van der Waals surface area contributed by atoms with Crippen LogP contribution in [0.4, 0.5) is 4.39 Å². The Morgan fingerprint density at radius 3 is 2.64 bits per heavy atom. The van der Waals surface area contributed by atoms with Crippen LogP contribution < -0.4 is 0 Å². The van der Waals surface area contributed by atoms with E-state index in [0.29, 0.717) is 6.29 Å². The zero-order valence-electron chi connectivity index (χ0n) is 7.21. The molecule has 0 aliphatic heterocycles. The molecule has 1 aromatic rings. The van der Waals surface area contributed by atoms with E-state index in [4.69, 9.17) is 11.6 Å². The SMILES string of the molecule is COC(=O)c1c(F)cc(C=O)cc1Cl. The molecule has 0 atom stereocenters. The topological polar surface area (TPSA) is 43.4 Å². The summed E-state index contributed by atoms with van der Waals surface area (Å²) < 4.78 is 17.5. The first kappa shape index (κ1) is 10.7. The smallest absolute Gasteiger partial charge is 0.342 e. The number of methoxy groups -OCH3 is 1. The number of carbonyl (C=O) groups is 2. The van der Waals surface area contributed by atoms with Gasteiger partial charge in [-0.15, -0.1) is 0 Å². The third-order valence-electron chi connectivity index (χ3n) is 1.59. The van der Waals surface area contributed by atoms with Crippen molar-refractivity contribution in [2.45, 2.75) is 0 Å². The lowest BCUT2D eigenvalue weighted by atomic mass is 10.1. The lowest BCUT2D eigenvalue weighted by Gasteiger charge is -2.03. The van der Waals surface area contributed by atoms with Crippen LogP contribution in [0.15, 0.2) is 12.1 Å². The molecule has 0 aromatic heterocycles. The molecule has 0 aliphatic carbocycles. The van der Waals surface area contributed by atoms with E-state index in [1.807, 2.05) is 0 Å². The molecule has 3 nitrogen and oxygen atoms in total. The fourth-order valence-electron chi connectivity index (χ4n) is 0.958. The van der Waals surface area contributed by atoms with Crippen molar-refractivity contribution in [3.8, 4) is 0 Å². The highest BCUT2D eigenvalue weighted by Crippen LogP contribution is 2.21. The first-order valence-corrected chi connectivity index (χ1v) is 4.00. The molecule has 1 rings (SSSR count). The average Bonchev–Trinajstić information content (AvgIpc) is 2.16. The van der Waals surface area contributed by atoms with E-state index in [9.17, 15) is 14.0 Å². The number of halogens is 2. The number of ether oxygens (including phenoxy) is 1. The summed E-state index contributed by atoms with van der Waals surface area (Å²) in [5.41, 5.74) is -0.292. The highest BCUT2D eigenvalue weighted by molar-refractivity contribution is 6.33. The minimum Gasteiger partial charge on any atom is -0.465 e. The monoisotopic (exact) mass is 216 g/mol. The van der Waals surface area contributed by atoms with Gasteiger partial charge in [0.05, 0.1) is 12.1 Å². The number of rotatable bonds is 2. The van der Waals surface area contributed by atoms with Gasteiger partial charge in [0, 0.05) is 5.56 Å². The Bertz CT molecular complexity index is 367. The third kappa shape index (κ3) is 1.90. The third-order valence-corrected chi connectivity index (χ3v) is 1.89. The van der Waals surface area contributed by atoms with Crippen LogP contribution in [0.3, 0.4) is 0 Å². The van der Waals surface area contributed by atoms with E-state index in [1.165, 1.54) is 6.07 Å². The Morgan fingerprint density at radius 1 is 1.57 bits per heavy atom. The van der Waals surface area contributed by atoms with Gasteiger partial charge in [0.25, 0.3) is 0 Å². The Hall–Kier alpha value is -1.42. The zero-order valence-corrected chi connectivity index (χ0v) is 7.97. The van der Waals surface area contributed by atoms with Crippen LogP contribution in [-0.2, 0) is 4.74 Å². The van der Waals surface area contributed by atoms with E-state index in [-0.39, 0.29) is 16.1 Å². The summed E-state index contributed by atoms with van der Waals surface area (Å²) in [5.74, 6) is -1.74. The highest BCUT2D eigenvalue weighted by atomic mass is 35.5. The van der Waals surface area contributed by atoms with Crippen LogP contribution in [0.1, 0.15) is 20.7 Å². The molecule has 1 aromatic carbocycles. The molecule has 14 heavy (non-hydrogen) atoms. The second-order valence-electron chi connectivity index (χ2n) is 2.47. The van der Waals surface area contributed by atoms with Crippen molar-refractivity contribution < 1.29 is 18.7 Å². The van der Waals surface area contributed by atoms with Crippen LogP contribution in [0, 0.1) is 5.82 Å². The Labute approximate surface area is 84.4 Å². The number of esters is 1. The van der Waals surface area contributed by atoms with Gasteiger partial charge >= 0.3 is 5.97 Å². The van der Waals surface area contributed by atoms with Crippen molar-refractivity contribution in [2.75, 3.05) is 7.11 Å². The number of hydrogen-bond acceptors (Lipinski definition) is 3. The van der Waals surface area contributed by atoms with E-state index in [1.54, 1.807) is 0 Å². The minimum absolute atomic E-state index is 0.0696. The van der Waals surface area contributed by atoms with Gasteiger partial charge in [0.1, 0.15) is 17.7 Å². The zero-order chi connectivity index (χ0) is 10.7. The second kappa shape index (κ2) is 4.19. The van der Waals surface area contributed by atoms with E-state index < -0.39 is 11.8 Å². The van der Waals surface area contributed by atoms with Gasteiger partial charge in [-0.2, -0.15) is 0 Å². The van der Waals surface area contributed by atoms with Crippen LogP contribution in [-0.4, -0.2) is 19.4 Å².